The van der Waals surface area contributed by atoms with Crippen LogP contribution in [0.15, 0.2) is 24.3 Å². The Labute approximate surface area is 198 Å². The number of rotatable bonds is 0. The van der Waals surface area contributed by atoms with Crippen molar-refractivity contribution in [3.8, 4) is 20.9 Å². The third-order valence-corrected chi connectivity index (χ3v) is 28.2. The van der Waals surface area contributed by atoms with Crippen LogP contribution in [0.5, 0.6) is 0 Å². The molecule has 0 bridgehead atoms. The first kappa shape index (κ1) is 19.1. The molecule has 1 aromatic carbocycles. The predicted molar refractivity (Wildman–Crippen MR) is 147 cm³/mol. The second-order valence-corrected chi connectivity index (χ2v) is 32.5. The molecule has 0 saturated carbocycles. The van der Waals surface area contributed by atoms with E-state index in [0.717, 1.165) is 0 Å². The zero-order valence-electron chi connectivity index (χ0n) is 17.9. The van der Waals surface area contributed by atoms with Crippen LogP contribution in [0.25, 0.3) is 39.7 Å². The second kappa shape index (κ2) is 5.75. The van der Waals surface area contributed by atoms with Crippen LogP contribution in [0.1, 0.15) is 9.75 Å². The molecule has 6 heterocycles. The van der Waals surface area contributed by atoms with Gasteiger partial charge >= 0.3 is 200 Å². The van der Waals surface area contributed by atoms with E-state index in [4.69, 9.17) is 0 Å². The Hall–Kier alpha value is -0.374. The van der Waals surface area contributed by atoms with Crippen LogP contribution >= 0.6 is 45.3 Å². The van der Waals surface area contributed by atoms with Gasteiger partial charge in [0, 0.05) is 0 Å². The van der Waals surface area contributed by atoms with Crippen molar-refractivity contribution >= 4 is 108 Å². The fourth-order valence-electron chi connectivity index (χ4n) is 5.80. The van der Waals surface area contributed by atoms with Crippen molar-refractivity contribution in [2.24, 2.45) is 0 Å². The van der Waals surface area contributed by atoms with Gasteiger partial charge in [-0.2, -0.15) is 0 Å². The summed E-state index contributed by atoms with van der Waals surface area (Å²) in [5.74, 6) is 10.5. The molecule has 150 valence electrons. The molecule has 0 atom stereocenters. The first-order valence-corrected chi connectivity index (χ1v) is 26.3. The number of aryl methyl sites for hydroxylation is 2. The summed E-state index contributed by atoms with van der Waals surface area (Å²) in [7, 11) is 0. The van der Waals surface area contributed by atoms with Crippen molar-refractivity contribution in [3.63, 3.8) is 0 Å². The molecule has 0 unspecified atom stereocenters. The van der Waals surface area contributed by atoms with Crippen molar-refractivity contribution in [1.29, 1.82) is 0 Å². The maximum atomic E-state index is 2.69. The van der Waals surface area contributed by atoms with Gasteiger partial charge in [0.25, 0.3) is 0 Å². The number of benzene rings is 1. The van der Waals surface area contributed by atoms with E-state index in [1.807, 2.05) is 22.7 Å². The van der Waals surface area contributed by atoms with Gasteiger partial charge < -0.3 is 0 Å². The summed E-state index contributed by atoms with van der Waals surface area (Å²) in [4.78, 5) is 6.19. The Morgan fingerprint density at radius 3 is 1.37 bits per heavy atom. The molecule has 30 heavy (non-hydrogen) atoms. The average molecular weight is 584 g/mol. The molecule has 0 spiro atoms. The average Bonchev–Trinajstić information content (AvgIpc) is 3.41. The van der Waals surface area contributed by atoms with Crippen LogP contribution < -0.4 is 17.6 Å². The van der Waals surface area contributed by atoms with E-state index in [1.54, 1.807) is 47.9 Å². The fraction of sp³-hybridized carbons (Fsp3) is 0.250. The molecule has 0 saturated heterocycles. The number of hydrogen-bond donors (Lipinski definition) is 0. The molecule has 2 aliphatic heterocycles. The van der Waals surface area contributed by atoms with Crippen molar-refractivity contribution in [2.45, 2.75) is 36.9 Å². The quantitative estimate of drug-likeness (QED) is 0.184. The van der Waals surface area contributed by atoms with Gasteiger partial charge in [-0.1, -0.05) is 0 Å². The monoisotopic (exact) mass is 586 g/mol. The molecular weight excluding hydrogens is 562 g/mol. The van der Waals surface area contributed by atoms with Gasteiger partial charge in [-0.3, -0.25) is 0 Å². The minimum absolute atomic E-state index is 1.46. The fourth-order valence-corrected chi connectivity index (χ4v) is 30.7. The molecule has 0 radical (unpaired) electrons. The number of hydrogen-bond acceptors (Lipinski definition) is 4. The van der Waals surface area contributed by atoms with Crippen LogP contribution in [0, 0.1) is 13.8 Å². The summed E-state index contributed by atoms with van der Waals surface area (Å²) in [6.45, 7) is 4.53. The molecule has 0 fully saturated rings. The third-order valence-electron chi connectivity index (χ3n) is 7.22. The van der Waals surface area contributed by atoms with Gasteiger partial charge in [-0.15, -0.1) is 0 Å². The zero-order chi connectivity index (χ0) is 20.7. The molecule has 5 aromatic rings. The van der Waals surface area contributed by atoms with E-state index in [0.29, 0.717) is 0 Å². The van der Waals surface area contributed by atoms with Crippen molar-refractivity contribution in [2.75, 3.05) is 0 Å². The third kappa shape index (κ3) is 2.14. The van der Waals surface area contributed by atoms with Crippen molar-refractivity contribution in [1.82, 2.24) is 0 Å². The first-order valence-electron chi connectivity index (χ1n) is 10.4. The molecule has 4 aromatic heterocycles. The Bertz CT molecular complexity index is 1450. The molecule has 0 amide bonds. The van der Waals surface area contributed by atoms with Gasteiger partial charge in [-0.25, -0.2) is 0 Å². The molecular formula is C24H22Ge2S4. The van der Waals surface area contributed by atoms with Crippen LogP contribution in [0.3, 0.4) is 0 Å². The number of thiophene rings is 4. The summed E-state index contributed by atoms with van der Waals surface area (Å²) in [6, 6.07) is 10.2. The van der Waals surface area contributed by atoms with E-state index < -0.39 is 26.5 Å². The molecule has 6 heteroatoms. The van der Waals surface area contributed by atoms with Gasteiger partial charge in [0.2, 0.25) is 0 Å². The van der Waals surface area contributed by atoms with Gasteiger partial charge in [0.15, 0.2) is 0 Å². The summed E-state index contributed by atoms with van der Waals surface area (Å²) in [5, 5.41) is 0. The van der Waals surface area contributed by atoms with Crippen LogP contribution in [-0.4, -0.2) is 26.5 Å². The maximum absolute atomic E-state index is 2.69. The van der Waals surface area contributed by atoms with Crippen LogP contribution in [-0.2, 0) is 0 Å². The standard InChI is InChI=1S/C24H22Ge2S4/c1-11-7-17-23(27-11)19-21(29-17)13-9-16-14(10-15(13)25(19,3)4)22-20(26(16,5)6)24-18(30-22)8-12(2)28-24/h7-10H,1-6H3. The van der Waals surface area contributed by atoms with Gasteiger partial charge in [0.1, 0.15) is 0 Å². The first-order chi connectivity index (χ1) is 14.2. The molecule has 2 aliphatic rings. The van der Waals surface area contributed by atoms with E-state index in [-0.39, 0.29) is 0 Å². The normalized spacial score (nSPS) is 17.5. The van der Waals surface area contributed by atoms with Crippen molar-refractivity contribution in [3.05, 3.63) is 34.0 Å². The summed E-state index contributed by atoms with van der Waals surface area (Å²) in [5.41, 5.74) is 3.24. The summed E-state index contributed by atoms with van der Waals surface area (Å²) in [6.07, 6.45) is 0. The Kier molecular flexibility index (Phi) is 3.67. The topological polar surface area (TPSA) is 0 Å². The van der Waals surface area contributed by atoms with Gasteiger partial charge in [-0.05, 0) is 0 Å². The zero-order valence-corrected chi connectivity index (χ0v) is 25.4. The summed E-state index contributed by atoms with van der Waals surface area (Å²) < 4.78 is 13.3. The second-order valence-electron chi connectivity index (χ2n) is 9.91. The Balaban J connectivity index is 1.55. The SMILES string of the molecule is Cc1cc2sc3[c](c2s1)[Ge]([CH3])([CH3])[c]1cc2[c](cc1-3)[Ge]([CH3])([CH3])[c]1c-2sc2cc(C)sc12. The van der Waals surface area contributed by atoms with E-state index in [2.05, 4.69) is 83.8 Å². The Morgan fingerprint density at radius 2 is 0.967 bits per heavy atom. The van der Waals surface area contributed by atoms with E-state index in [1.165, 1.54) is 19.2 Å². The summed E-state index contributed by atoms with van der Waals surface area (Å²) >= 11 is 3.63. The van der Waals surface area contributed by atoms with E-state index in [9.17, 15) is 0 Å². The molecule has 7 rings (SSSR count). The predicted octanol–water partition coefficient (Wildman–Crippen LogP) is 6.46. The molecule has 0 aliphatic carbocycles. The van der Waals surface area contributed by atoms with Gasteiger partial charge in [0.05, 0.1) is 0 Å². The molecule has 0 N–H and O–H groups in total. The van der Waals surface area contributed by atoms with Crippen LogP contribution in [0.2, 0.25) is 23.0 Å². The van der Waals surface area contributed by atoms with Crippen molar-refractivity contribution < 1.29 is 0 Å². The Morgan fingerprint density at radius 1 is 0.567 bits per heavy atom. The van der Waals surface area contributed by atoms with Crippen LogP contribution in [0.4, 0.5) is 0 Å². The van der Waals surface area contributed by atoms with E-state index >= 15 is 0 Å². The molecule has 0 nitrogen and oxygen atoms in total. The number of fused-ring (bicyclic) bond motifs is 10. The minimum atomic E-state index is -2.29.